The summed E-state index contributed by atoms with van der Waals surface area (Å²) in [7, 11) is -2.21. The molecule has 7 nitrogen and oxygen atoms in total. The van der Waals surface area contributed by atoms with Crippen molar-refractivity contribution < 1.29 is 22.1 Å². The zero-order valence-electron chi connectivity index (χ0n) is 19.9. The van der Waals surface area contributed by atoms with Crippen LogP contribution < -0.4 is 10.1 Å². The Hall–Kier alpha value is -2.92. The van der Waals surface area contributed by atoms with Gasteiger partial charge in [-0.05, 0) is 56.0 Å². The molecule has 0 spiro atoms. The molecule has 36 heavy (non-hydrogen) atoms. The lowest BCUT2D eigenvalue weighted by atomic mass is 10.1. The van der Waals surface area contributed by atoms with Crippen LogP contribution in [0.15, 0.2) is 41.0 Å². The minimum atomic E-state index is -2.41. The molecule has 192 valence electrons. The first-order valence-electron chi connectivity index (χ1n) is 12.0. The van der Waals surface area contributed by atoms with Crippen LogP contribution in [0.5, 0.6) is 5.75 Å². The smallest absolute Gasteiger partial charge is 0.251 e. The molecule has 2 aromatic carbocycles. The van der Waals surface area contributed by atoms with Crippen molar-refractivity contribution in [2.75, 3.05) is 36.5 Å². The Morgan fingerprint density at radius 3 is 2.81 bits per heavy atom. The highest BCUT2D eigenvalue weighted by molar-refractivity contribution is 7.93. The van der Waals surface area contributed by atoms with Crippen LogP contribution in [0.25, 0.3) is 10.9 Å². The maximum atomic E-state index is 14.1. The van der Waals surface area contributed by atoms with Crippen molar-refractivity contribution in [1.29, 1.82) is 0 Å². The summed E-state index contributed by atoms with van der Waals surface area (Å²) in [4.78, 5) is 10.4. The fourth-order valence-electron chi connectivity index (χ4n) is 4.82. The van der Waals surface area contributed by atoms with E-state index < -0.39 is 22.0 Å². The molecule has 2 fully saturated rings. The number of hydrogen-bond donors (Lipinski definition) is 1. The van der Waals surface area contributed by atoms with Gasteiger partial charge in [-0.1, -0.05) is 0 Å². The van der Waals surface area contributed by atoms with E-state index in [1.807, 2.05) is 13.0 Å². The van der Waals surface area contributed by atoms with Crippen molar-refractivity contribution in [3.05, 3.63) is 48.0 Å². The molecule has 3 aromatic rings. The van der Waals surface area contributed by atoms with Crippen LogP contribution in [0.3, 0.4) is 0 Å². The molecular weight excluding hydrogens is 491 g/mol. The van der Waals surface area contributed by atoms with Crippen LogP contribution in [0.2, 0.25) is 0 Å². The number of aryl methyl sites for hydroxylation is 1. The Kier molecular flexibility index (Phi) is 7.03. The number of aromatic nitrogens is 2. The van der Waals surface area contributed by atoms with E-state index in [-0.39, 0.29) is 18.4 Å². The first-order chi connectivity index (χ1) is 17.3. The summed E-state index contributed by atoms with van der Waals surface area (Å²) in [5, 5.41) is 4.00. The highest BCUT2D eigenvalue weighted by Gasteiger charge is 2.27. The number of benzene rings is 2. The van der Waals surface area contributed by atoms with Crippen LogP contribution in [0.1, 0.15) is 24.8 Å². The number of rotatable bonds is 7. The van der Waals surface area contributed by atoms with Gasteiger partial charge in [0.05, 0.1) is 33.2 Å². The number of anilines is 2. The molecular formula is C25H28F3N5O2S. The summed E-state index contributed by atoms with van der Waals surface area (Å²) >= 11 is 0. The molecule has 3 heterocycles. The number of nitrogens with zero attached hydrogens (tertiary/aromatic N) is 4. The SMILES string of the molecule is Cc1cc(N=S2(=O)CCCC2)cc2ncnc(Nc3ccc(F)cc3O[C@@H]3CCN(CC(F)F)C3)c12. The zero-order valence-corrected chi connectivity index (χ0v) is 20.7. The van der Waals surface area contributed by atoms with E-state index in [9.17, 15) is 17.4 Å². The normalized spacial score (nSPS) is 19.8. The van der Waals surface area contributed by atoms with Crippen LogP contribution in [0.4, 0.5) is 30.4 Å². The van der Waals surface area contributed by atoms with E-state index in [2.05, 4.69) is 19.6 Å². The van der Waals surface area contributed by atoms with Gasteiger partial charge in [0.2, 0.25) is 0 Å². The van der Waals surface area contributed by atoms with Crippen molar-refractivity contribution in [2.24, 2.45) is 4.36 Å². The molecule has 1 N–H and O–H groups in total. The highest BCUT2D eigenvalue weighted by Crippen LogP contribution is 2.35. The predicted molar refractivity (Wildman–Crippen MR) is 135 cm³/mol. The molecule has 0 amide bonds. The summed E-state index contributed by atoms with van der Waals surface area (Å²) in [6.07, 6.45) is 1.13. The van der Waals surface area contributed by atoms with Gasteiger partial charge in [0, 0.05) is 36.0 Å². The van der Waals surface area contributed by atoms with Crippen molar-refractivity contribution in [1.82, 2.24) is 14.9 Å². The number of likely N-dealkylation sites (tertiary alicyclic amines) is 1. The summed E-state index contributed by atoms with van der Waals surface area (Å²) in [6.45, 7) is 2.47. The molecule has 0 aliphatic carbocycles. The molecule has 2 saturated heterocycles. The minimum absolute atomic E-state index is 0.285. The van der Waals surface area contributed by atoms with Crippen LogP contribution in [0, 0.1) is 12.7 Å². The molecule has 1 atom stereocenters. The van der Waals surface area contributed by atoms with E-state index in [1.165, 1.54) is 18.5 Å². The molecule has 11 heteroatoms. The number of halogens is 3. The lowest BCUT2D eigenvalue weighted by molar-refractivity contribution is 0.0931. The molecule has 0 saturated carbocycles. The Morgan fingerprint density at radius 2 is 2.03 bits per heavy atom. The average Bonchev–Trinajstić information content (AvgIpc) is 3.43. The molecule has 0 radical (unpaired) electrons. The van der Waals surface area contributed by atoms with E-state index in [1.54, 1.807) is 17.0 Å². The average molecular weight is 520 g/mol. The van der Waals surface area contributed by atoms with Crippen LogP contribution >= 0.6 is 0 Å². The molecule has 2 aliphatic rings. The Morgan fingerprint density at radius 1 is 1.22 bits per heavy atom. The molecule has 5 rings (SSSR count). The summed E-state index contributed by atoms with van der Waals surface area (Å²) < 4.78 is 63.0. The second-order valence-electron chi connectivity index (χ2n) is 9.30. The fourth-order valence-corrected chi connectivity index (χ4v) is 7.01. The molecule has 2 aliphatic heterocycles. The largest absolute Gasteiger partial charge is 0.487 e. The molecule has 1 aromatic heterocycles. The van der Waals surface area contributed by atoms with E-state index in [0.717, 1.165) is 23.8 Å². The second kappa shape index (κ2) is 10.2. The van der Waals surface area contributed by atoms with Gasteiger partial charge in [0.15, 0.2) is 0 Å². The van der Waals surface area contributed by atoms with Gasteiger partial charge in [-0.3, -0.25) is 4.90 Å². The van der Waals surface area contributed by atoms with Gasteiger partial charge >= 0.3 is 0 Å². The maximum Gasteiger partial charge on any atom is 0.251 e. The fraction of sp³-hybridized carbons (Fsp3) is 0.440. The maximum absolute atomic E-state index is 14.1. The van der Waals surface area contributed by atoms with Gasteiger partial charge in [0.25, 0.3) is 6.43 Å². The monoisotopic (exact) mass is 519 g/mol. The molecule has 0 bridgehead atoms. The summed E-state index contributed by atoms with van der Waals surface area (Å²) in [5.41, 5.74) is 2.65. The quantitative estimate of drug-likeness (QED) is 0.448. The number of alkyl halides is 2. The third-order valence-electron chi connectivity index (χ3n) is 6.48. The van der Waals surface area contributed by atoms with Crippen LogP contribution in [-0.4, -0.2) is 62.7 Å². The molecule has 0 unspecified atom stereocenters. The standard InChI is InChI=1S/C25H28F3N5O2S/c1-16-10-18(32-36(34)8-2-3-9-36)12-21-24(16)25(30-15-29-21)31-20-5-4-17(26)11-22(20)35-19-6-7-33(13-19)14-23(27)28/h4-5,10-12,15,19,23H,2-3,6-9,13-14H2,1H3,(H,29,30,31)/t19-/m1/s1. The highest BCUT2D eigenvalue weighted by atomic mass is 32.2. The van der Waals surface area contributed by atoms with Gasteiger partial charge in [0.1, 0.15) is 29.8 Å². The van der Waals surface area contributed by atoms with Gasteiger partial charge in [-0.15, -0.1) is 0 Å². The van der Waals surface area contributed by atoms with E-state index >= 15 is 0 Å². The summed E-state index contributed by atoms with van der Waals surface area (Å²) in [6, 6.07) is 7.84. The van der Waals surface area contributed by atoms with E-state index in [4.69, 9.17) is 4.74 Å². The first-order valence-corrected chi connectivity index (χ1v) is 13.8. The van der Waals surface area contributed by atoms with Gasteiger partial charge in [-0.2, -0.15) is 4.36 Å². The minimum Gasteiger partial charge on any atom is -0.487 e. The van der Waals surface area contributed by atoms with E-state index in [0.29, 0.717) is 53.7 Å². The second-order valence-corrected chi connectivity index (χ2v) is 11.8. The first kappa shape index (κ1) is 24.8. The van der Waals surface area contributed by atoms with Gasteiger partial charge in [-0.25, -0.2) is 27.3 Å². The summed E-state index contributed by atoms with van der Waals surface area (Å²) in [5.74, 6) is 1.57. The Balaban J connectivity index is 1.42. The number of nitrogens with one attached hydrogen (secondary N) is 1. The number of fused-ring (bicyclic) bond motifs is 1. The zero-order chi connectivity index (χ0) is 25.3. The van der Waals surface area contributed by atoms with Crippen LogP contribution in [-0.2, 0) is 9.73 Å². The third kappa shape index (κ3) is 5.57. The topological polar surface area (TPSA) is 79.7 Å². The number of hydrogen-bond acceptors (Lipinski definition) is 7. The number of ether oxygens (including phenoxy) is 1. The predicted octanol–water partition coefficient (Wildman–Crippen LogP) is 5.43. The van der Waals surface area contributed by atoms with Crippen molar-refractivity contribution >= 4 is 37.8 Å². The van der Waals surface area contributed by atoms with Crippen molar-refractivity contribution in [3.63, 3.8) is 0 Å². The Bertz CT molecular complexity index is 1380. The lowest BCUT2D eigenvalue weighted by Crippen LogP contribution is -2.29. The Labute approximate surface area is 208 Å². The third-order valence-corrected chi connectivity index (χ3v) is 8.88. The van der Waals surface area contributed by atoms with Gasteiger partial charge < -0.3 is 10.1 Å². The van der Waals surface area contributed by atoms with Crippen molar-refractivity contribution in [2.45, 2.75) is 38.7 Å². The lowest BCUT2D eigenvalue weighted by Gasteiger charge is -2.19. The van der Waals surface area contributed by atoms with Crippen molar-refractivity contribution in [3.8, 4) is 5.75 Å².